The minimum Gasteiger partial charge on any atom is -0.379 e. The smallest absolute Gasteiger partial charge is 0.106 e. The third kappa shape index (κ3) is 3.40. The van der Waals surface area contributed by atoms with E-state index in [9.17, 15) is 0 Å². The van der Waals surface area contributed by atoms with E-state index in [-0.39, 0.29) is 0 Å². The molecule has 1 aromatic carbocycles. The average Bonchev–Trinajstić information content (AvgIpc) is 2.89. The van der Waals surface area contributed by atoms with E-state index >= 15 is 0 Å². The van der Waals surface area contributed by atoms with Crippen molar-refractivity contribution < 1.29 is 0 Å². The Hall–Kier alpha value is -0.800. The molecule has 19 heavy (non-hydrogen) atoms. The van der Waals surface area contributed by atoms with Crippen molar-refractivity contribution in [3.63, 3.8) is 0 Å². The van der Waals surface area contributed by atoms with Crippen molar-refractivity contribution in [2.45, 2.75) is 46.1 Å². The molecule has 0 aliphatic rings. The van der Waals surface area contributed by atoms with Gasteiger partial charge in [-0.3, -0.25) is 0 Å². The minimum absolute atomic E-state index is 0.458. The van der Waals surface area contributed by atoms with Gasteiger partial charge in [-0.15, -0.1) is 11.3 Å². The predicted molar refractivity (Wildman–Crippen MR) is 86.4 cm³/mol. The maximum Gasteiger partial charge on any atom is 0.106 e. The molecule has 104 valence electrons. The van der Waals surface area contributed by atoms with Crippen molar-refractivity contribution in [3.8, 4) is 0 Å². The monoisotopic (exact) mass is 296 g/mol. The zero-order chi connectivity index (χ0) is 13.8. The Bertz CT molecular complexity index is 538. The zero-order valence-corrected chi connectivity index (χ0v) is 13.3. The first-order valence-corrected chi connectivity index (χ1v) is 8.19. The summed E-state index contributed by atoms with van der Waals surface area (Å²) in [4.78, 5) is 4.44. The van der Waals surface area contributed by atoms with Crippen LogP contribution in [-0.2, 0) is 0 Å². The van der Waals surface area contributed by atoms with Crippen LogP contribution >= 0.6 is 22.9 Å². The van der Waals surface area contributed by atoms with Gasteiger partial charge in [0, 0.05) is 6.04 Å². The summed E-state index contributed by atoms with van der Waals surface area (Å²) in [5, 5.41) is 4.37. The highest BCUT2D eigenvalue weighted by molar-refractivity contribution is 7.16. The average molecular weight is 297 g/mol. The van der Waals surface area contributed by atoms with Gasteiger partial charge in [0.25, 0.3) is 0 Å². The maximum absolute atomic E-state index is 6.33. The summed E-state index contributed by atoms with van der Waals surface area (Å²) in [7, 11) is 0. The van der Waals surface area contributed by atoms with Crippen molar-refractivity contribution in [3.05, 3.63) is 22.7 Å². The van der Waals surface area contributed by atoms with Crippen LogP contribution in [0, 0.1) is 5.92 Å². The molecule has 1 N–H and O–H groups in total. The second-order valence-electron chi connectivity index (χ2n) is 5.12. The lowest BCUT2D eigenvalue weighted by atomic mass is 9.97. The summed E-state index contributed by atoms with van der Waals surface area (Å²) < 4.78 is 1.19. The van der Waals surface area contributed by atoms with E-state index in [0.717, 1.165) is 28.6 Å². The van der Waals surface area contributed by atoms with E-state index in [2.05, 4.69) is 31.1 Å². The Morgan fingerprint density at radius 1 is 1.32 bits per heavy atom. The number of thiazole rings is 1. The molecule has 0 saturated carbocycles. The van der Waals surface area contributed by atoms with Gasteiger partial charge in [0.2, 0.25) is 0 Å². The standard InChI is InChI=1S/C15H21ClN2S/c1-4-10(3)8-11(5-2)18-14-12(16)6-7-13-15(14)17-9-19-13/h6-7,9-11,18H,4-5,8H2,1-3H3. The molecule has 2 unspecified atom stereocenters. The van der Waals surface area contributed by atoms with Gasteiger partial charge >= 0.3 is 0 Å². The van der Waals surface area contributed by atoms with E-state index in [1.54, 1.807) is 11.3 Å². The Labute approximate surface area is 124 Å². The maximum atomic E-state index is 6.33. The van der Waals surface area contributed by atoms with Crippen molar-refractivity contribution in [2.75, 3.05) is 5.32 Å². The Kier molecular flexibility index (Phi) is 5.06. The summed E-state index contributed by atoms with van der Waals surface area (Å²) in [5.74, 6) is 0.728. The summed E-state index contributed by atoms with van der Waals surface area (Å²) in [5.41, 5.74) is 3.87. The van der Waals surface area contributed by atoms with E-state index in [1.807, 2.05) is 17.6 Å². The Morgan fingerprint density at radius 2 is 2.11 bits per heavy atom. The highest BCUT2D eigenvalue weighted by atomic mass is 35.5. The number of nitrogens with one attached hydrogen (secondary N) is 1. The summed E-state index contributed by atoms with van der Waals surface area (Å²) in [6, 6.07) is 4.45. The molecule has 2 nitrogen and oxygen atoms in total. The number of rotatable bonds is 6. The van der Waals surface area contributed by atoms with Crippen LogP contribution < -0.4 is 5.32 Å². The Morgan fingerprint density at radius 3 is 2.79 bits per heavy atom. The molecule has 0 bridgehead atoms. The van der Waals surface area contributed by atoms with Crippen LogP contribution in [-0.4, -0.2) is 11.0 Å². The molecule has 0 radical (unpaired) electrons. The van der Waals surface area contributed by atoms with Gasteiger partial charge in [0.15, 0.2) is 0 Å². The van der Waals surface area contributed by atoms with Crippen LogP contribution in [0.4, 0.5) is 5.69 Å². The molecular weight excluding hydrogens is 276 g/mol. The van der Waals surface area contributed by atoms with Gasteiger partial charge in [-0.25, -0.2) is 4.98 Å². The fraction of sp³-hybridized carbons (Fsp3) is 0.533. The van der Waals surface area contributed by atoms with E-state index in [1.165, 1.54) is 17.5 Å². The molecular formula is C15H21ClN2S. The van der Waals surface area contributed by atoms with Crippen LogP contribution in [0.5, 0.6) is 0 Å². The highest BCUT2D eigenvalue weighted by Crippen LogP contribution is 2.33. The molecule has 0 spiro atoms. The predicted octanol–water partition coefficient (Wildman–Crippen LogP) is 5.58. The van der Waals surface area contributed by atoms with Crippen LogP contribution in [0.15, 0.2) is 17.6 Å². The number of hydrogen-bond donors (Lipinski definition) is 1. The summed E-state index contributed by atoms with van der Waals surface area (Å²) >= 11 is 7.99. The number of aromatic nitrogens is 1. The van der Waals surface area contributed by atoms with Crippen LogP contribution in [0.2, 0.25) is 5.02 Å². The normalized spacial score (nSPS) is 14.5. The van der Waals surface area contributed by atoms with Gasteiger partial charge in [-0.05, 0) is 30.9 Å². The molecule has 0 aliphatic carbocycles. The highest BCUT2D eigenvalue weighted by Gasteiger charge is 2.15. The van der Waals surface area contributed by atoms with Gasteiger partial charge in [0.1, 0.15) is 5.52 Å². The third-order valence-electron chi connectivity index (χ3n) is 3.68. The number of halogens is 1. The number of nitrogens with zero attached hydrogens (tertiary/aromatic N) is 1. The molecule has 0 saturated heterocycles. The van der Waals surface area contributed by atoms with Crippen LogP contribution in [0.3, 0.4) is 0 Å². The second kappa shape index (κ2) is 6.58. The summed E-state index contributed by atoms with van der Waals surface area (Å²) in [6.07, 6.45) is 3.48. The fourth-order valence-electron chi connectivity index (χ4n) is 2.23. The molecule has 0 amide bonds. The van der Waals surface area contributed by atoms with E-state index in [4.69, 9.17) is 11.6 Å². The second-order valence-corrected chi connectivity index (χ2v) is 6.41. The molecule has 0 aliphatic heterocycles. The molecule has 1 heterocycles. The van der Waals surface area contributed by atoms with Crippen LogP contribution in [0.25, 0.3) is 10.2 Å². The lowest BCUT2D eigenvalue weighted by Crippen LogP contribution is -2.21. The molecule has 2 atom stereocenters. The van der Waals surface area contributed by atoms with Gasteiger partial charge in [-0.2, -0.15) is 0 Å². The molecule has 2 rings (SSSR count). The number of anilines is 1. The quantitative estimate of drug-likeness (QED) is 0.753. The first kappa shape index (κ1) is 14.6. The zero-order valence-electron chi connectivity index (χ0n) is 11.7. The molecule has 1 aromatic heterocycles. The lowest BCUT2D eigenvalue weighted by molar-refractivity contribution is 0.462. The summed E-state index contributed by atoms with van der Waals surface area (Å²) in [6.45, 7) is 6.76. The molecule has 2 aromatic rings. The topological polar surface area (TPSA) is 24.9 Å². The van der Waals surface area contributed by atoms with Crippen molar-refractivity contribution in [1.29, 1.82) is 0 Å². The minimum atomic E-state index is 0.458. The van der Waals surface area contributed by atoms with Crippen molar-refractivity contribution >= 4 is 38.8 Å². The largest absolute Gasteiger partial charge is 0.379 e. The first-order chi connectivity index (χ1) is 9.15. The fourth-order valence-corrected chi connectivity index (χ4v) is 3.12. The van der Waals surface area contributed by atoms with Gasteiger partial charge < -0.3 is 5.32 Å². The molecule has 0 fully saturated rings. The lowest BCUT2D eigenvalue weighted by Gasteiger charge is -2.22. The van der Waals surface area contributed by atoms with Crippen molar-refractivity contribution in [2.24, 2.45) is 5.92 Å². The molecule has 4 heteroatoms. The van der Waals surface area contributed by atoms with Gasteiger partial charge in [-0.1, -0.05) is 38.8 Å². The Balaban J connectivity index is 2.23. The van der Waals surface area contributed by atoms with E-state index < -0.39 is 0 Å². The van der Waals surface area contributed by atoms with Gasteiger partial charge in [0.05, 0.1) is 20.9 Å². The third-order valence-corrected chi connectivity index (χ3v) is 4.79. The van der Waals surface area contributed by atoms with Crippen molar-refractivity contribution in [1.82, 2.24) is 4.98 Å². The van der Waals surface area contributed by atoms with Crippen LogP contribution in [0.1, 0.15) is 40.0 Å². The number of hydrogen-bond acceptors (Lipinski definition) is 3. The number of benzene rings is 1. The van der Waals surface area contributed by atoms with E-state index in [0.29, 0.717) is 6.04 Å². The SMILES string of the molecule is CCC(C)CC(CC)Nc1c(Cl)ccc2scnc12. The number of fused-ring (bicyclic) bond motifs is 1. The first-order valence-electron chi connectivity index (χ1n) is 6.93.